The lowest BCUT2D eigenvalue weighted by molar-refractivity contribution is -0.149. The SMILES string of the molecule is CC(=O)OC1C=CCC2C(=O)N(CCCN3CCCCC3)C(=O)C12. The van der Waals surface area contributed by atoms with E-state index in [0.717, 1.165) is 26.1 Å². The zero-order valence-electron chi connectivity index (χ0n) is 14.3. The van der Waals surface area contributed by atoms with E-state index in [9.17, 15) is 14.4 Å². The standard InChI is InChI=1S/C18H26N2O4/c1-13(21)24-15-8-5-7-14-16(15)18(23)20(17(14)22)12-6-11-19-9-3-2-4-10-19/h5,8,14-16H,2-4,6-7,9-12H2,1H3. The fourth-order valence-electron chi connectivity index (χ4n) is 4.07. The summed E-state index contributed by atoms with van der Waals surface area (Å²) in [4.78, 5) is 40.3. The number of hydrogen-bond donors (Lipinski definition) is 0. The quantitative estimate of drug-likeness (QED) is 0.431. The zero-order chi connectivity index (χ0) is 17.1. The fraction of sp³-hybridized carbons (Fsp3) is 0.722. The van der Waals surface area contributed by atoms with E-state index in [0.29, 0.717) is 13.0 Å². The summed E-state index contributed by atoms with van der Waals surface area (Å²) in [6, 6.07) is 0. The topological polar surface area (TPSA) is 66.9 Å². The molecular weight excluding hydrogens is 308 g/mol. The third-order valence-corrected chi connectivity index (χ3v) is 5.24. The van der Waals surface area contributed by atoms with Gasteiger partial charge in [-0.2, -0.15) is 0 Å². The number of fused-ring (bicyclic) bond motifs is 1. The summed E-state index contributed by atoms with van der Waals surface area (Å²) in [5.74, 6) is -1.62. The number of piperidine rings is 1. The lowest BCUT2D eigenvalue weighted by Gasteiger charge is -2.27. The molecule has 3 aliphatic rings. The molecule has 0 N–H and O–H groups in total. The lowest BCUT2D eigenvalue weighted by atomic mass is 9.83. The molecule has 0 spiro atoms. The highest BCUT2D eigenvalue weighted by atomic mass is 16.5. The highest BCUT2D eigenvalue weighted by Crippen LogP contribution is 2.36. The Kier molecular flexibility index (Phi) is 5.33. The van der Waals surface area contributed by atoms with Crippen LogP contribution in [0.3, 0.4) is 0 Å². The normalized spacial score (nSPS) is 30.5. The Morgan fingerprint density at radius 1 is 1.17 bits per heavy atom. The number of likely N-dealkylation sites (tertiary alicyclic amines) is 2. The lowest BCUT2D eigenvalue weighted by Crippen LogP contribution is -2.38. The summed E-state index contributed by atoms with van der Waals surface area (Å²) >= 11 is 0. The predicted octanol–water partition coefficient (Wildman–Crippen LogP) is 1.36. The van der Waals surface area contributed by atoms with Crippen molar-refractivity contribution in [3.63, 3.8) is 0 Å². The Labute approximate surface area is 142 Å². The third kappa shape index (κ3) is 3.53. The highest BCUT2D eigenvalue weighted by Gasteiger charge is 2.52. The van der Waals surface area contributed by atoms with Gasteiger partial charge in [0, 0.05) is 13.5 Å². The smallest absolute Gasteiger partial charge is 0.303 e. The van der Waals surface area contributed by atoms with Crippen LogP contribution in [0.4, 0.5) is 0 Å². The van der Waals surface area contributed by atoms with Crippen LogP contribution in [0, 0.1) is 11.8 Å². The number of hydrogen-bond acceptors (Lipinski definition) is 5. The van der Waals surface area contributed by atoms with Crippen molar-refractivity contribution in [3.8, 4) is 0 Å². The van der Waals surface area contributed by atoms with Gasteiger partial charge in [-0.05, 0) is 51.4 Å². The van der Waals surface area contributed by atoms with E-state index in [1.807, 2.05) is 6.08 Å². The Balaban J connectivity index is 1.58. The molecule has 6 nitrogen and oxygen atoms in total. The van der Waals surface area contributed by atoms with Crippen molar-refractivity contribution in [2.45, 2.75) is 45.1 Å². The molecule has 3 atom stereocenters. The molecule has 0 saturated carbocycles. The van der Waals surface area contributed by atoms with Crippen molar-refractivity contribution >= 4 is 17.8 Å². The molecule has 132 valence electrons. The monoisotopic (exact) mass is 334 g/mol. The molecule has 0 aromatic rings. The Morgan fingerprint density at radius 3 is 2.62 bits per heavy atom. The molecule has 0 aromatic carbocycles. The second-order valence-corrected chi connectivity index (χ2v) is 6.95. The van der Waals surface area contributed by atoms with Gasteiger partial charge in [0.15, 0.2) is 0 Å². The first-order chi connectivity index (χ1) is 11.6. The van der Waals surface area contributed by atoms with Crippen molar-refractivity contribution in [2.24, 2.45) is 11.8 Å². The van der Waals surface area contributed by atoms with Gasteiger partial charge in [-0.15, -0.1) is 0 Å². The van der Waals surface area contributed by atoms with Crippen LogP contribution in [0.25, 0.3) is 0 Å². The van der Waals surface area contributed by atoms with Crippen LogP contribution < -0.4 is 0 Å². The van der Waals surface area contributed by atoms with Crippen LogP contribution >= 0.6 is 0 Å². The number of amides is 2. The van der Waals surface area contributed by atoms with Crippen LogP contribution in [-0.4, -0.2) is 59.9 Å². The number of imide groups is 1. The minimum absolute atomic E-state index is 0.106. The van der Waals surface area contributed by atoms with Crippen molar-refractivity contribution in [1.29, 1.82) is 0 Å². The van der Waals surface area contributed by atoms with Crippen molar-refractivity contribution < 1.29 is 19.1 Å². The molecule has 2 amide bonds. The van der Waals surface area contributed by atoms with Crippen LogP contribution in [0.2, 0.25) is 0 Å². The molecule has 2 fully saturated rings. The van der Waals surface area contributed by atoms with Gasteiger partial charge in [-0.25, -0.2) is 0 Å². The third-order valence-electron chi connectivity index (χ3n) is 5.24. The minimum Gasteiger partial charge on any atom is -0.457 e. The van der Waals surface area contributed by atoms with Gasteiger partial charge in [-0.1, -0.05) is 12.5 Å². The number of rotatable bonds is 5. The van der Waals surface area contributed by atoms with Crippen LogP contribution in [0.5, 0.6) is 0 Å². The molecule has 24 heavy (non-hydrogen) atoms. The average molecular weight is 334 g/mol. The fourth-order valence-corrected chi connectivity index (χ4v) is 4.07. The van der Waals surface area contributed by atoms with Crippen LogP contribution in [0.1, 0.15) is 39.0 Å². The van der Waals surface area contributed by atoms with Crippen molar-refractivity contribution in [3.05, 3.63) is 12.2 Å². The zero-order valence-corrected chi connectivity index (χ0v) is 14.3. The summed E-state index contributed by atoms with van der Waals surface area (Å²) in [6.45, 7) is 4.96. The van der Waals surface area contributed by atoms with E-state index >= 15 is 0 Å². The van der Waals surface area contributed by atoms with E-state index in [1.165, 1.54) is 31.1 Å². The van der Waals surface area contributed by atoms with E-state index < -0.39 is 18.0 Å². The summed E-state index contributed by atoms with van der Waals surface area (Å²) in [5, 5.41) is 0. The first-order valence-electron chi connectivity index (χ1n) is 8.99. The molecule has 2 aliphatic heterocycles. The molecule has 0 radical (unpaired) electrons. The van der Waals surface area contributed by atoms with Gasteiger partial charge in [0.1, 0.15) is 6.10 Å². The van der Waals surface area contributed by atoms with Gasteiger partial charge < -0.3 is 9.64 Å². The first kappa shape index (κ1) is 17.1. The number of allylic oxidation sites excluding steroid dienone is 1. The van der Waals surface area contributed by atoms with E-state index in [-0.39, 0.29) is 17.7 Å². The maximum absolute atomic E-state index is 12.7. The maximum atomic E-state index is 12.7. The second kappa shape index (κ2) is 7.47. The molecule has 2 heterocycles. The number of esters is 1. The van der Waals surface area contributed by atoms with Crippen molar-refractivity contribution in [2.75, 3.05) is 26.2 Å². The van der Waals surface area contributed by atoms with Gasteiger partial charge in [0.05, 0.1) is 11.8 Å². The number of carbonyl (C=O) groups excluding carboxylic acids is 3. The highest BCUT2D eigenvalue weighted by molar-refractivity contribution is 6.05. The molecule has 1 aliphatic carbocycles. The molecule has 3 unspecified atom stereocenters. The summed E-state index contributed by atoms with van der Waals surface area (Å²) in [5.41, 5.74) is 0. The second-order valence-electron chi connectivity index (χ2n) is 6.95. The van der Waals surface area contributed by atoms with E-state index in [1.54, 1.807) is 6.08 Å². The molecular formula is C18H26N2O4. The predicted molar refractivity (Wildman–Crippen MR) is 87.9 cm³/mol. The summed E-state index contributed by atoms with van der Waals surface area (Å²) in [6.07, 6.45) is 8.11. The van der Waals surface area contributed by atoms with Gasteiger partial charge in [-0.3, -0.25) is 19.3 Å². The van der Waals surface area contributed by atoms with E-state index in [4.69, 9.17) is 4.74 Å². The summed E-state index contributed by atoms with van der Waals surface area (Å²) in [7, 11) is 0. The maximum Gasteiger partial charge on any atom is 0.303 e. The van der Waals surface area contributed by atoms with Crippen LogP contribution in [0.15, 0.2) is 12.2 Å². The Bertz CT molecular complexity index is 539. The molecule has 2 saturated heterocycles. The molecule has 3 rings (SSSR count). The van der Waals surface area contributed by atoms with Gasteiger partial charge in [0.25, 0.3) is 0 Å². The Morgan fingerprint density at radius 2 is 1.92 bits per heavy atom. The van der Waals surface area contributed by atoms with Gasteiger partial charge in [0.2, 0.25) is 11.8 Å². The number of ether oxygens (including phenoxy) is 1. The average Bonchev–Trinajstić information content (AvgIpc) is 2.81. The van der Waals surface area contributed by atoms with Crippen LogP contribution in [-0.2, 0) is 19.1 Å². The van der Waals surface area contributed by atoms with Crippen molar-refractivity contribution in [1.82, 2.24) is 9.80 Å². The molecule has 6 heteroatoms. The largest absolute Gasteiger partial charge is 0.457 e. The molecule has 0 bridgehead atoms. The molecule has 0 aromatic heterocycles. The van der Waals surface area contributed by atoms with E-state index in [2.05, 4.69) is 4.90 Å². The Hall–Kier alpha value is -1.69. The number of nitrogens with zero attached hydrogens (tertiary/aromatic N) is 2. The summed E-state index contributed by atoms with van der Waals surface area (Å²) < 4.78 is 5.24. The first-order valence-corrected chi connectivity index (χ1v) is 8.99. The van der Waals surface area contributed by atoms with Gasteiger partial charge >= 0.3 is 5.97 Å². The minimum atomic E-state index is -0.607. The number of carbonyl (C=O) groups is 3.